The molecular weight excluding hydrogens is 330 g/mol. The number of phenolic OH excluding ortho intramolecular Hbond substituents is 1. The number of anilines is 1. The number of para-hydroxylation sites is 1. The van der Waals surface area contributed by atoms with E-state index >= 15 is 0 Å². The predicted molar refractivity (Wildman–Crippen MR) is 81.1 cm³/mol. The molecule has 100 valence electrons. The molecule has 0 aromatic heterocycles. The Morgan fingerprint density at radius 1 is 1.32 bits per heavy atom. The van der Waals surface area contributed by atoms with E-state index in [9.17, 15) is 5.11 Å². The number of aromatic hydroxyl groups is 1. The van der Waals surface area contributed by atoms with Crippen LogP contribution in [0.3, 0.4) is 0 Å². The molecule has 2 aromatic rings. The Balaban J connectivity index is 2.22. The average molecular weight is 343 g/mol. The monoisotopic (exact) mass is 341 g/mol. The van der Waals surface area contributed by atoms with Crippen molar-refractivity contribution in [1.29, 1.82) is 0 Å². The Hall–Kier alpha value is -1.39. The van der Waals surface area contributed by atoms with Crippen LogP contribution in [0.5, 0.6) is 11.5 Å². The van der Waals surface area contributed by atoms with Gasteiger partial charge in [-0.3, -0.25) is 0 Å². The van der Waals surface area contributed by atoms with E-state index in [0.29, 0.717) is 17.3 Å². The summed E-state index contributed by atoms with van der Waals surface area (Å²) in [6, 6.07) is 10.7. The summed E-state index contributed by atoms with van der Waals surface area (Å²) >= 11 is 9.42. The van der Waals surface area contributed by atoms with E-state index in [1.165, 1.54) is 0 Å². The lowest BCUT2D eigenvalue weighted by Gasteiger charge is -2.14. The molecular formula is C14H13BrClNO2. The zero-order valence-corrected chi connectivity index (χ0v) is 12.6. The molecule has 0 atom stereocenters. The third-order valence-electron chi connectivity index (χ3n) is 2.67. The Labute approximate surface area is 125 Å². The number of hydrogen-bond donors (Lipinski definition) is 2. The summed E-state index contributed by atoms with van der Waals surface area (Å²) in [5.74, 6) is 0.940. The topological polar surface area (TPSA) is 41.5 Å². The van der Waals surface area contributed by atoms with Crippen LogP contribution in [0.4, 0.5) is 5.69 Å². The second-order valence-corrected chi connectivity index (χ2v) is 5.24. The molecule has 0 heterocycles. The summed E-state index contributed by atoms with van der Waals surface area (Å²) in [5, 5.41) is 13.5. The van der Waals surface area contributed by atoms with Crippen molar-refractivity contribution < 1.29 is 9.84 Å². The Morgan fingerprint density at radius 3 is 2.74 bits per heavy atom. The maximum Gasteiger partial charge on any atom is 0.156 e. The third-order valence-corrected chi connectivity index (χ3v) is 3.48. The SMILES string of the molecule is COc1c(Br)cc(Cl)cc1NCc1ccccc1O. The molecule has 2 N–H and O–H groups in total. The lowest BCUT2D eigenvalue weighted by molar-refractivity contribution is 0.413. The van der Waals surface area contributed by atoms with Gasteiger partial charge in [-0.2, -0.15) is 0 Å². The fourth-order valence-corrected chi connectivity index (χ4v) is 2.72. The van der Waals surface area contributed by atoms with Crippen molar-refractivity contribution in [3.8, 4) is 11.5 Å². The van der Waals surface area contributed by atoms with Gasteiger partial charge in [0.2, 0.25) is 0 Å². The largest absolute Gasteiger partial charge is 0.508 e. The summed E-state index contributed by atoms with van der Waals surface area (Å²) in [6.07, 6.45) is 0. The summed E-state index contributed by atoms with van der Waals surface area (Å²) in [6.45, 7) is 0.482. The molecule has 0 amide bonds. The molecule has 0 aliphatic carbocycles. The number of phenols is 1. The summed E-state index contributed by atoms with van der Waals surface area (Å²) in [5.41, 5.74) is 1.57. The van der Waals surface area contributed by atoms with Gasteiger partial charge in [0.25, 0.3) is 0 Å². The highest BCUT2D eigenvalue weighted by molar-refractivity contribution is 9.10. The molecule has 0 fully saturated rings. The summed E-state index contributed by atoms with van der Waals surface area (Å²) < 4.78 is 6.10. The van der Waals surface area contributed by atoms with Gasteiger partial charge >= 0.3 is 0 Å². The van der Waals surface area contributed by atoms with Crippen LogP contribution in [0.25, 0.3) is 0 Å². The number of ether oxygens (including phenoxy) is 1. The van der Waals surface area contributed by atoms with Gasteiger partial charge in [-0.15, -0.1) is 0 Å². The quantitative estimate of drug-likeness (QED) is 0.863. The van der Waals surface area contributed by atoms with Crippen LogP contribution in [0.15, 0.2) is 40.9 Å². The first kappa shape index (κ1) is 14.0. The summed E-state index contributed by atoms with van der Waals surface area (Å²) in [7, 11) is 1.60. The number of hydrogen-bond acceptors (Lipinski definition) is 3. The van der Waals surface area contributed by atoms with Crippen LogP contribution in [-0.2, 0) is 6.54 Å². The van der Waals surface area contributed by atoms with Crippen molar-refractivity contribution in [2.75, 3.05) is 12.4 Å². The van der Waals surface area contributed by atoms with Gasteiger partial charge in [-0.05, 0) is 34.1 Å². The molecule has 0 unspecified atom stereocenters. The van der Waals surface area contributed by atoms with Crippen LogP contribution >= 0.6 is 27.5 Å². The van der Waals surface area contributed by atoms with E-state index in [-0.39, 0.29) is 5.75 Å². The molecule has 19 heavy (non-hydrogen) atoms. The number of nitrogens with one attached hydrogen (secondary N) is 1. The van der Waals surface area contributed by atoms with E-state index in [1.54, 1.807) is 31.4 Å². The van der Waals surface area contributed by atoms with Crippen molar-refractivity contribution in [3.05, 3.63) is 51.5 Å². The molecule has 0 aliphatic rings. The van der Waals surface area contributed by atoms with Gasteiger partial charge in [-0.25, -0.2) is 0 Å². The minimum Gasteiger partial charge on any atom is -0.508 e. The second-order valence-electron chi connectivity index (χ2n) is 3.95. The first-order valence-corrected chi connectivity index (χ1v) is 6.82. The molecule has 0 radical (unpaired) electrons. The third kappa shape index (κ3) is 3.33. The molecule has 3 nitrogen and oxygen atoms in total. The zero-order chi connectivity index (χ0) is 13.8. The first-order chi connectivity index (χ1) is 9.11. The van der Waals surface area contributed by atoms with Gasteiger partial charge in [0.1, 0.15) is 5.75 Å². The molecule has 0 saturated heterocycles. The Bertz CT molecular complexity index is 590. The number of rotatable bonds is 4. The fraction of sp³-hybridized carbons (Fsp3) is 0.143. The minimum atomic E-state index is 0.259. The van der Waals surface area contributed by atoms with Crippen LogP contribution in [0.2, 0.25) is 5.02 Å². The lowest BCUT2D eigenvalue weighted by atomic mass is 10.2. The number of benzene rings is 2. The molecule has 2 rings (SSSR count). The van der Waals surface area contributed by atoms with Crippen molar-refractivity contribution in [2.24, 2.45) is 0 Å². The van der Waals surface area contributed by atoms with E-state index in [1.807, 2.05) is 12.1 Å². The highest BCUT2D eigenvalue weighted by Gasteiger charge is 2.09. The summed E-state index contributed by atoms with van der Waals surface area (Å²) in [4.78, 5) is 0. The maximum absolute atomic E-state index is 9.72. The van der Waals surface area contributed by atoms with Crippen molar-refractivity contribution >= 4 is 33.2 Å². The first-order valence-electron chi connectivity index (χ1n) is 5.65. The number of methoxy groups -OCH3 is 1. The standard InChI is InChI=1S/C14H13BrClNO2/c1-19-14-11(15)6-10(16)7-12(14)17-8-9-4-2-3-5-13(9)18/h2-7,17-18H,8H2,1H3. The van der Waals surface area contributed by atoms with Crippen LogP contribution in [0.1, 0.15) is 5.56 Å². The fourth-order valence-electron chi connectivity index (χ4n) is 1.75. The average Bonchev–Trinajstić information content (AvgIpc) is 2.37. The maximum atomic E-state index is 9.72. The molecule has 0 saturated carbocycles. The van der Waals surface area contributed by atoms with E-state index in [0.717, 1.165) is 15.7 Å². The van der Waals surface area contributed by atoms with Crippen LogP contribution < -0.4 is 10.1 Å². The highest BCUT2D eigenvalue weighted by Crippen LogP contribution is 2.36. The van der Waals surface area contributed by atoms with Crippen LogP contribution in [0, 0.1) is 0 Å². The minimum absolute atomic E-state index is 0.259. The predicted octanol–water partition coefficient (Wildman–Crippen LogP) is 4.43. The van der Waals surface area contributed by atoms with Gasteiger partial charge in [-0.1, -0.05) is 29.8 Å². The van der Waals surface area contributed by atoms with Gasteiger partial charge in [0.05, 0.1) is 17.3 Å². The van der Waals surface area contributed by atoms with E-state index < -0.39 is 0 Å². The zero-order valence-electron chi connectivity index (χ0n) is 10.3. The lowest BCUT2D eigenvalue weighted by Crippen LogP contribution is -2.02. The Morgan fingerprint density at radius 2 is 2.05 bits per heavy atom. The Kier molecular flexibility index (Phi) is 4.56. The van der Waals surface area contributed by atoms with Crippen molar-refractivity contribution in [3.63, 3.8) is 0 Å². The molecule has 0 bridgehead atoms. The normalized spacial score (nSPS) is 10.3. The van der Waals surface area contributed by atoms with Crippen molar-refractivity contribution in [2.45, 2.75) is 6.54 Å². The van der Waals surface area contributed by atoms with Gasteiger partial charge in [0, 0.05) is 17.1 Å². The van der Waals surface area contributed by atoms with E-state index in [2.05, 4.69) is 21.2 Å². The molecule has 5 heteroatoms. The highest BCUT2D eigenvalue weighted by atomic mass is 79.9. The molecule has 0 aliphatic heterocycles. The second kappa shape index (κ2) is 6.17. The van der Waals surface area contributed by atoms with Gasteiger partial charge < -0.3 is 15.2 Å². The number of halogens is 2. The van der Waals surface area contributed by atoms with E-state index in [4.69, 9.17) is 16.3 Å². The molecule has 2 aromatic carbocycles. The van der Waals surface area contributed by atoms with Crippen molar-refractivity contribution in [1.82, 2.24) is 0 Å². The molecule has 0 spiro atoms. The van der Waals surface area contributed by atoms with Crippen LogP contribution in [-0.4, -0.2) is 12.2 Å². The smallest absolute Gasteiger partial charge is 0.156 e. The van der Waals surface area contributed by atoms with Gasteiger partial charge in [0.15, 0.2) is 5.75 Å².